The molecule has 3 aliphatic heterocycles. The molecule has 1 aromatic carbocycles. The van der Waals surface area contributed by atoms with Gasteiger partial charge in [0.1, 0.15) is 17.7 Å². The van der Waals surface area contributed by atoms with E-state index < -0.39 is 29.5 Å². The number of likely N-dealkylation sites (N-methyl/N-ethyl adjacent to an activating group) is 1. The highest BCUT2D eigenvalue weighted by atomic mass is 19.1. The molecule has 3 amide bonds. The van der Waals surface area contributed by atoms with Crippen LogP contribution in [0.2, 0.25) is 0 Å². The number of nitrogens with zero attached hydrogens (tertiary/aromatic N) is 5. The first-order chi connectivity index (χ1) is 20.7. The largest absolute Gasteiger partial charge is 0.338 e. The summed E-state index contributed by atoms with van der Waals surface area (Å²) in [6.07, 6.45) is 4.38. The Kier molecular flexibility index (Phi) is 9.71. The first-order valence-corrected chi connectivity index (χ1v) is 16.5. The molecule has 3 heterocycles. The van der Waals surface area contributed by atoms with E-state index in [0.717, 1.165) is 44.8 Å². The van der Waals surface area contributed by atoms with E-state index >= 15 is 4.39 Å². The van der Waals surface area contributed by atoms with Crippen LogP contribution in [0.1, 0.15) is 78.2 Å². The van der Waals surface area contributed by atoms with Crippen molar-refractivity contribution in [2.24, 2.45) is 11.8 Å². The molecule has 1 aliphatic carbocycles. The van der Waals surface area contributed by atoms with Gasteiger partial charge in [-0.2, -0.15) is 0 Å². The molecule has 0 radical (unpaired) electrons. The van der Waals surface area contributed by atoms with Crippen LogP contribution in [0.5, 0.6) is 0 Å². The van der Waals surface area contributed by atoms with Crippen LogP contribution in [-0.2, 0) is 14.4 Å². The minimum atomic E-state index is -0.678. The predicted octanol–water partition coefficient (Wildman–Crippen LogP) is 3.95. The standard InChI is InChI=1S/C34H51F2N5O3/c1-22-7-10-25(11-8-22)41(23(2)42)26-18-31(33(44)38-15-13-37(6)14-16-38)40(19-26)32(43)29-21-39(34(3,4)5)20-28(29)27-12-9-24(35)17-30(27)36/h9,12,17,22,25-26,28-29,31H,7-8,10-11,13-16,18-21H2,1-6H3/t22?,25?,26-,28-,29+,31+/m0/s1. The first kappa shape index (κ1) is 32.8. The molecule has 0 bridgehead atoms. The number of amides is 3. The summed E-state index contributed by atoms with van der Waals surface area (Å²) in [5.74, 6) is -2.01. The quantitative estimate of drug-likeness (QED) is 0.502. The van der Waals surface area contributed by atoms with Crippen molar-refractivity contribution in [3.8, 4) is 0 Å². The van der Waals surface area contributed by atoms with Gasteiger partial charge in [0, 0.05) is 76.3 Å². The Hall–Kier alpha value is -2.59. The Bertz CT molecular complexity index is 1220. The van der Waals surface area contributed by atoms with Gasteiger partial charge >= 0.3 is 0 Å². The molecule has 3 saturated heterocycles. The first-order valence-electron chi connectivity index (χ1n) is 16.5. The summed E-state index contributed by atoms with van der Waals surface area (Å²) >= 11 is 0. The highest BCUT2D eigenvalue weighted by Gasteiger charge is 2.51. The summed E-state index contributed by atoms with van der Waals surface area (Å²) in [7, 11) is 2.04. The van der Waals surface area contributed by atoms with Gasteiger partial charge in [-0.1, -0.05) is 13.0 Å². The fourth-order valence-corrected chi connectivity index (χ4v) is 8.00. The van der Waals surface area contributed by atoms with Gasteiger partial charge in [-0.05, 0) is 77.5 Å². The summed E-state index contributed by atoms with van der Waals surface area (Å²) in [6.45, 7) is 13.9. The fraction of sp³-hybridized carbons (Fsp3) is 0.735. The van der Waals surface area contributed by atoms with Crippen molar-refractivity contribution >= 4 is 17.7 Å². The second-order valence-electron chi connectivity index (χ2n) is 14.8. The van der Waals surface area contributed by atoms with E-state index in [2.05, 4.69) is 37.5 Å². The minimum absolute atomic E-state index is 0.0133. The summed E-state index contributed by atoms with van der Waals surface area (Å²) < 4.78 is 29.1. The van der Waals surface area contributed by atoms with Gasteiger partial charge in [-0.3, -0.25) is 19.3 Å². The second-order valence-corrected chi connectivity index (χ2v) is 14.8. The van der Waals surface area contributed by atoms with Gasteiger partial charge < -0.3 is 19.6 Å². The molecule has 44 heavy (non-hydrogen) atoms. The maximum absolute atomic E-state index is 15.2. The van der Waals surface area contributed by atoms with E-state index in [1.807, 2.05) is 16.8 Å². The third-order valence-corrected chi connectivity index (χ3v) is 10.7. The average molecular weight is 616 g/mol. The van der Waals surface area contributed by atoms with Crippen molar-refractivity contribution in [2.45, 2.75) is 96.3 Å². The third-order valence-electron chi connectivity index (χ3n) is 10.7. The summed E-state index contributed by atoms with van der Waals surface area (Å²) in [5, 5.41) is 0. The normalized spacial score (nSPS) is 30.5. The monoisotopic (exact) mass is 615 g/mol. The molecular weight excluding hydrogens is 564 g/mol. The molecule has 1 saturated carbocycles. The van der Waals surface area contributed by atoms with Crippen molar-refractivity contribution < 1.29 is 23.2 Å². The number of rotatable bonds is 5. The molecule has 4 fully saturated rings. The minimum Gasteiger partial charge on any atom is -0.338 e. The third kappa shape index (κ3) is 6.81. The molecular formula is C34H51F2N5O3. The number of hydrogen-bond donors (Lipinski definition) is 0. The lowest BCUT2D eigenvalue weighted by atomic mass is 9.86. The van der Waals surface area contributed by atoms with Crippen molar-refractivity contribution in [2.75, 3.05) is 52.9 Å². The summed E-state index contributed by atoms with van der Waals surface area (Å²) in [4.78, 5) is 51.9. The molecule has 0 spiro atoms. The Morgan fingerprint density at radius 1 is 0.886 bits per heavy atom. The van der Waals surface area contributed by atoms with E-state index in [-0.39, 0.29) is 35.3 Å². The van der Waals surface area contributed by atoms with Crippen LogP contribution in [0.25, 0.3) is 0 Å². The predicted molar refractivity (Wildman–Crippen MR) is 166 cm³/mol. The van der Waals surface area contributed by atoms with Gasteiger partial charge in [0.25, 0.3) is 0 Å². The number of halogens is 2. The average Bonchev–Trinajstić information content (AvgIpc) is 3.60. The van der Waals surface area contributed by atoms with Crippen molar-refractivity contribution in [1.82, 2.24) is 24.5 Å². The highest BCUT2D eigenvalue weighted by Crippen LogP contribution is 2.40. The Morgan fingerprint density at radius 2 is 1.55 bits per heavy atom. The molecule has 4 aliphatic rings. The number of likely N-dealkylation sites (tertiary alicyclic amines) is 2. The Morgan fingerprint density at radius 3 is 2.14 bits per heavy atom. The van der Waals surface area contributed by atoms with Crippen LogP contribution in [0, 0.1) is 23.5 Å². The maximum atomic E-state index is 15.2. The van der Waals surface area contributed by atoms with E-state index in [0.29, 0.717) is 50.6 Å². The molecule has 0 N–H and O–H groups in total. The van der Waals surface area contributed by atoms with Gasteiger partial charge in [-0.15, -0.1) is 0 Å². The van der Waals surface area contributed by atoms with Crippen LogP contribution in [0.3, 0.4) is 0 Å². The fourth-order valence-electron chi connectivity index (χ4n) is 8.00. The van der Waals surface area contributed by atoms with Crippen molar-refractivity contribution in [3.05, 3.63) is 35.4 Å². The lowest BCUT2D eigenvalue weighted by Crippen LogP contribution is -2.54. The lowest BCUT2D eigenvalue weighted by molar-refractivity contribution is -0.147. The van der Waals surface area contributed by atoms with Crippen LogP contribution >= 0.6 is 0 Å². The number of carbonyl (C=O) groups excluding carboxylic acids is 3. The van der Waals surface area contributed by atoms with Crippen LogP contribution in [0.15, 0.2) is 18.2 Å². The van der Waals surface area contributed by atoms with Gasteiger partial charge in [-0.25, -0.2) is 8.78 Å². The molecule has 10 heteroatoms. The van der Waals surface area contributed by atoms with Crippen LogP contribution in [-0.4, -0.2) is 119 Å². The molecule has 4 atom stereocenters. The molecule has 1 aromatic rings. The van der Waals surface area contributed by atoms with Crippen molar-refractivity contribution in [3.63, 3.8) is 0 Å². The molecule has 5 rings (SSSR count). The molecule has 244 valence electrons. The van der Waals surface area contributed by atoms with Gasteiger partial charge in [0.05, 0.1) is 12.0 Å². The van der Waals surface area contributed by atoms with Crippen molar-refractivity contribution in [1.29, 1.82) is 0 Å². The molecule has 0 unspecified atom stereocenters. The zero-order valence-corrected chi connectivity index (χ0v) is 27.4. The Balaban J connectivity index is 1.47. The SMILES string of the molecule is CC(=O)N(C1CCC(C)CC1)[C@H]1C[C@H](C(=O)N2CCN(C)CC2)N(C(=O)[C@@H]2CN(C(C)(C)C)C[C@H]2c2ccc(F)cc2F)C1. The maximum Gasteiger partial charge on any atom is 0.245 e. The van der Waals surface area contributed by atoms with Gasteiger partial charge in [0.15, 0.2) is 0 Å². The van der Waals surface area contributed by atoms with E-state index in [4.69, 9.17) is 0 Å². The topological polar surface area (TPSA) is 67.4 Å². The smallest absolute Gasteiger partial charge is 0.245 e. The summed E-state index contributed by atoms with van der Waals surface area (Å²) in [6, 6.07) is 2.77. The van der Waals surface area contributed by atoms with Crippen LogP contribution in [0.4, 0.5) is 8.78 Å². The number of hydrogen-bond acceptors (Lipinski definition) is 5. The molecule has 8 nitrogen and oxygen atoms in total. The number of carbonyl (C=O) groups is 3. The number of benzene rings is 1. The van der Waals surface area contributed by atoms with Gasteiger partial charge in [0.2, 0.25) is 17.7 Å². The second kappa shape index (κ2) is 13.0. The summed E-state index contributed by atoms with van der Waals surface area (Å²) in [5.41, 5.74) is 0.0616. The number of piperazine rings is 1. The lowest BCUT2D eigenvalue weighted by Gasteiger charge is -2.39. The van der Waals surface area contributed by atoms with E-state index in [9.17, 15) is 18.8 Å². The zero-order chi connectivity index (χ0) is 31.9. The highest BCUT2D eigenvalue weighted by molar-refractivity contribution is 5.90. The molecule has 0 aromatic heterocycles. The van der Waals surface area contributed by atoms with E-state index in [1.165, 1.54) is 12.1 Å². The Labute approximate surface area is 261 Å². The van der Waals surface area contributed by atoms with Crippen LogP contribution < -0.4 is 0 Å². The van der Waals surface area contributed by atoms with E-state index in [1.54, 1.807) is 11.8 Å². The zero-order valence-electron chi connectivity index (χ0n) is 27.4.